The fraction of sp³-hybridized carbons (Fsp3) is 0.211. The molecule has 0 bridgehead atoms. The van der Waals surface area contributed by atoms with Crippen LogP contribution in [-0.2, 0) is 9.63 Å². The van der Waals surface area contributed by atoms with Crippen LogP contribution in [0.25, 0.3) is 0 Å². The molecule has 1 aliphatic rings. The van der Waals surface area contributed by atoms with Crippen molar-refractivity contribution in [3.05, 3.63) is 65.5 Å². The van der Waals surface area contributed by atoms with Crippen LogP contribution in [0.2, 0.25) is 0 Å². The topological polar surface area (TPSA) is 106 Å². The van der Waals surface area contributed by atoms with Crippen LogP contribution in [-0.4, -0.2) is 23.8 Å². The second-order valence-electron chi connectivity index (χ2n) is 6.19. The molecule has 0 fully saturated rings. The minimum Gasteiger partial charge on any atom is -0.382 e. The third-order valence-electron chi connectivity index (χ3n) is 4.16. The van der Waals surface area contributed by atoms with Crippen molar-refractivity contribution in [2.24, 2.45) is 10.9 Å². The molecule has 1 aliphatic heterocycles. The lowest BCUT2D eigenvalue weighted by atomic mass is 10.0. The lowest BCUT2D eigenvalue weighted by Crippen LogP contribution is -2.36. The van der Waals surface area contributed by atoms with Gasteiger partial charge in [0, 0.05) is 17.7 Å². The van der Waals surface area contributed by atoms with Crippen LogP contribution in [0.15, 0.2) is 53.7 Å². The molecule has 0 aromatic heterocycles. The quantitative estimate of drug-likeness (QED) is 0.753. The number of hydrogen-bond acceptors (Lipinski definition) is 4. The number of urea groups is 1. The molecule has 0 unspecified atom stereocenters. The Morgan fingerprint density at radius 1 is 1.26 bits per heavy atom. The maximum atomic E-state index is 13.3. The summed E-state index contributed by atoms with van der Waals surface area (Å²) in [5, 5.41) is 9.23. The molecule has 0 saturated carbocycles. The van der Waals surface area contributed by atoms with E-state index in [0.717, 1.165) is 5.56 Å². The van der Waals surface area contributed by atoms with E-state index in [0.29, 0.717) is 17.0 Å². The van der Waals surface area contributed by atoms with Crippen LogP contribution in [0.4, 0.5) is 14.9 Å². The summed E-state index contributed by atoms with van der Waals surface area (Å²) in [5.41, 5.74) is 7.61. The molecule has 4 N–H and O–H groups in total. The van der Waals surface area contributed by atoms with Gasteiger partial charge in [-0.2, -0.15) is 0 Å². The van der Waals surface area contributed by atoms with Crippen molar-refractivity contribution in [3.8, 4) is 0 Å². The molecule has 2 aromatic rings. The molecule has 0 aliphatic carbocycles. The summed E-state index contributed by atoms with van der Waals surface area (Å²) < 4.78 is 13.3. The van der Waals surface area contributed by atoms with Gasteiger partial charge in [-0.15, -0.1) is 0 Å². The number of amides is 3. The highest BCUT2D eigenvalue weighted by atomic mass is 19.1. The van der Waals surface area contributed by atoms with Gasteiger partial charge in [-0.3, -0.25) is 4.79 Å². The van der Waals surface area contributed by atoms with Crippen molar-refractivity contribution in [3.63, 3.8) is 0 Å². The summed E-state index contributed by atoms with van der Waals surface area (Å²) in [6, 6.07) is 12.0. The molecule has 3 rings (SSSR count). The smallest absolute Gasteiger partial charge is 0.316 e. The van der Waals surface area contributed by atoms with Crippen molar-refractivity contribution in [1.29, 1.82) is 0 Å². The number of nitrogens with zero attached hydrogens (tertiary/aromatic N) is 1. The highest BCUT2D eigenvalue weighted by Crippen LogP contribution is 2.20. The van der Waals surface area contributed by atoms with Gasteiger partial charge in [-0.25, -0.2) is 9.18 Å². The molecular weight excluding hydrogens is 351 g/mol. The zero-order chi connectivity index (χ0) is 19.4. The van der Waals surface area contributed by atoms with Crippen molar-refractivity contribution in [2.45, 2.75) is 25.5 Å². The first-order valence-electron chi connectivity index (χ1n) is 8.38. The van der Waals surface area contributed by atoms with Crippen LogP contribution in [0.1, 0.15) is 30.5 Å². The molecular formula is C19H19FN4O3. The van der Waals surface area contributed by atoms with Gasteiger partial charge in [0.1, 0.15) is 5.82 Å². The zero-order valence-electron chi connectivity index (χ0n) is 14.6. The Bertz CT molecular complexity index is 883. The largest absolute Gasteiger partial charge is 0.382 e. The first-order chi connectivity index (χ1) is 12.9. The lowest BCUT2D eigenvalue weighted by Gasteiger charge is -2.17. The van der Waals surface area contributed by atoms with Crippen molar-refractivity contribution in [1.82, 2.24) is 5.32 Å². The Balaban J connectivity index is 1.57. The van der Waals surface area contributed by atoms with E-state index in [1.54, 1.807) is 36.4 Å². The predicted octanol–water partition coefficient (Wildman–Crippen LogP) is 2.69. The third kappa shape index (κ3) is 4.60. The summed E-state index contributed by atoms with van der Waals surface area (Å²) in [7, 11) is 0. The molecule has 0 spiro atoms. The fourth-order valence-corrected chi connectivity index (χ4v) is 2.74. The number of rotatable bonds is 5. The highest BCUT2D eigenvalue weighted by molar-refractivity contribution is 6.04. The number of hydrogen-bond donors (Lipinski definition) is 3. The maximum absolute atomic E-state index is 13.3. The molecule has 8 heteroatoms. The fourth-order valence-electron chi connectivity index (χ4n) is 2.74. The van der Waals surface area contributed by atoms with E-state index >= 15 is 0 Å². The Labute approximate surface area is 155 Å². The first-order valence-corrected chi connectivity index (χ1v) is 8.38. The Kier molecular flexibility index (Phi) is 5.35. The van der Waals surface area contributed by atoms with E-state index in [1.807, 2.05) is 6.92 Å². The van der Waals surface area contributed by atoms with Gasteiger partial charge in [0.15, 0.2) is 0 Å². The summed E-state index contributed by atoms with van der Waals surface area (Å²) >= 11 is 0. The third-order valence-corrected chi connectivity index (χ3v) is 4.16. The molecule has 7 nitrogen and oxygen atoms in total. The number of nitrogens with one attached hydrogen (secondary N) is 2. The average Bonchev–Trinajstić information content (AvgIpc) is 3.12. The first kappa shape index (κ1) is 18.4. The summed E-state index contributed by atoms with van der Waals surface area (Å²) in [5.74, 6) is -0.678. The van der Waals surface area contributed by atoms with Gasteiger partial charge < -0.3 is 21.2 Å². The number of oxime groups is 1. The monoisotopic (exact) mass is 370 g/mol. The zero-order valence-corrected chi connectivity index (χ0v) is 14.6. The Morgan fingerprint density at radius 2 is 2.00 bits per heavy atom. The number of primary amides is 1. The molecule has 140 valence electrons. The molecule has 0 saturated heterocycles. The predicted molar refractivity (Wildman–Crippen MR) is 98.6 cm³/mol. The Hall–Kier alpha value is -3.42. The van der Waals surface area contributed by atoms with E-state index in [9.17, 15) is 14.0 Å². The van der Waals surface area contributed by atoms with Crippen molar-refractivity contribution >= 4 is 23.3 Å². The minimum absolute atomic E-state index is 0.267. The van der Waals surface area contributed by atoms with Crippen LogP contribution in [0.5, 0.6) is 0 Å². The molecule has 2 aromatic carbocycles. The standard InChI is InChI=1S/C19H19FN4O3/c1-11(12-5-7-15(8-6-12)23-19(21)26)22-18(25)17-10-16(24-27-17)13-3-2-4-14(20)9-13/h2-9,11,17H,10H2,1H3,(H,22,25)(H3,21,23,26)/t11-,17-/m1/s1. The van der Waals surface area contributed by atoms with Crippen LogP contribution in [0, 0.1) is 5.82 Å². The van der Waals surface area contributed by atoms with Gasteiger partial charge in [0.25, 0.3) is 5.91 Å². The van der Waals surface area contributed by atoms with Crippen LogP contribution in [0.3, 0.4) is 0 Å². The van der Waals surface area contributed by atoms with Crippen molar-refractivity contribution < 1.29 is 18.8 Å². The number of halogens is 1. The Morgan fingerprint density at radius 3 is 2.67 bits per heavy atom. The summed E-state index contributed by atoms with van der Waals surface area (Å²) in [6.07, 6.45) is -0.495. The van der Waals surface area contributed by atoms with Crippen LogP contribution >= 0.6 is 0 Å². The molecule has 0 radical (unpaired) electrons. The van der Waals surface area contributed by atoms with Gasteiger partial charge in [-0.1, -0.05) is 29.4 Å². The number of carbonyl (C=O) groups is 2. The summed E-state index contributed by atoms with van der Waals surface area (Å²) in [6.45, 7) is 1.83. The lowest BCUT2D eigenvalue weighted by molar-refractivity contribution is -0.131. The number of carbonyl (C=O) groups excluding carboxylic acids is 2. The molecule has 27 heavy (non-hydrogen) atoms. The minimum atomic E-state index is -0.762. The van der Waals surface area contributed by atoms with E-state index < -0.39 is 12.1 Å². The van der Waals surface area contributed by atoms with Crippen LogP contribution < -0.4 is 16.4 Å². The average molecular weight is 370 g/mol. The second-order valence-corrected chi connectivity index (χ2v) is 6.19. The van der Waals surface area contributed by atoms with E-state index in [2.05, 4.69) is 15.8 Å². The van der Waals surface area contributed by atoms with Crippen molar-refractivity contribution in [2.75, 3.05) is 5.32 Å². The molecule has 2 atom stereocenters. The maximum Gasteiger partial charge on any atom is 0.316 e. The van der Waals surface area contributed by atoms with Gasteiger partial charge in [0.05, 0.1) is 11.8 Å². The number of benzene rings is 2. The highest BCUT2D eigenvalue weighted by Gasteiger charge is 2.29. The van der Waals surface area contributed by atoms with Gasteiger partial charge in [-0.05, 0) is 36.8 Å². The number of nitrogens with two attached hydrogens (primary N) is 1. The van der Waals surface area contributed by atoms with Gasteiger partial charge >= 0.3 is 6.03 Å². The SMILES string of the molecule is C[C@@H](NC(=O)[C@H]1CC(c2cccc(F)c2)=NO1)c1ccc(NC(N)=O)cc1. The normalized spacial score (nSPS) is 16.8. The van der Waals surface area contributed by atoms with E-state index in [-0.39, 0.29) is 24.2 Å². The molecule has 1 heterocycles. The molecule has 3 amide bonds. The summed E-state index contributed by atoms with van der Waals surface area (Å²) in [4.78, 5) is 28.5. The number of anilines is 1. The van der Waals surface area contributed by atoms with Gasteiger partial charge in [0.2, 0.25) is 6.10 Å². The van der Waals surface area contributed by atoms with E-state index in [4.69, 9.17) is 10.6 Å². The van der Waals surface area contributed by atoms with E-state index in [1.165, 1.54) is 12.1 Å². The second kappa shape index (κ2) is 7.86.